The summed E-state index contributed by atoms with van der Waals surface area (Å²) in [5, 5.41) is 14.1. The van der Waals surface area contributed by atoms with E-state index in [1.807, 2.05) is 0 Å². The third-order valence-corrected chi connectivity index (χ3v) is 4.35. The lowest BCUT2D eigenvalue weighted by atomic mass is 9.98. The number of aliphatic carboxylic acids is 1. The van der Waals surface area contributed by atoms with E-state index in [-0.39, 0.29) is 30.7 Å². The van der Waals surface area contributed by atoms with E-state index in [9.17, 15) is 14.0 Å². The molecule has 1 aliphatic heterocycles. The molecule has 1 aromatic rings. The van der Waals surface area contributed by atoms with Gasteiger partial charge in [0.25, 0.3) is 0 Å². The number of rotatable bonds is 8. The Kier molecular flexibility index (Phi) is 9.98. The molecule has 0 aromatic heterocycles. The molecule has 0 bridgehead atoms. The van der Waals surface area contributed by atoms with Crippen molar-refractivity contribution >= 4 is 30.1 Å². The first-order valence-electron chi connectivity index (χ1n) is 8.77. The van der Waals surface area contributed by atoms with E-state index in [4.69, 9.17) is 5.11 Å². The highest BCUT2D eigenvalue weighted by molar-refractivity contribution is 5.89. The van der Waals surface area contributed by atoms with E-state index in [1.165, 1.54) is 12.1 Å². The molecule has 0 aliphatic carbocycles. The monoisotopic (exact) mass is 387 g/mol. The summed E-state index contributed by atoms with van der Waals surface area (Å²) in [4.78, 5) is 24.8. The third kappa shape index (κ3) is 8.49. The highest BCUT2D eigenvalue weighted by Gasteiger charge is 2.20. The highest BCUT2D eigenvalue weighted by Crippen LogP contribution is 2.16. The van der Waals surface area contributed by atoms with Crippen molar-refractivity contribution in [1.82, 2.24) is 10.2 Å². The number of carboxylic acid groups (broad SMARTS) is 1. The van der Waals surface area contributed by atoms with Gasteiger partial charge in [-0.3, -0.25) is 4.79 Å². The Morgan fingerprint density at radius 3 is 2.85 bits per heavy atom. The number of anilines is 1. The van der Waals surface area contributed by atoms with Crippen LogP contribution in [0.15, 0.2) is 24.3 Å². The minimum Gasteiger partial charge on any atom is -0.481 e. The van der Waals surface area contributed by atoms with Crippen LogP contribution < -0.4 is 10.6 Å². The van der Waals surface area contributed by atoms with Crippen LogP contribution in [0.4, 0.5) is 14.9 Å². The van der Waals surface area contributed by atoms with Crippen LogP contribution in [0.25, 0.3) is 0 Å². The number of nitrogens with one attached hydrogen (secondary N) is 2. The van der Waals surface area contributed by atoms with Crippen molar-refractivity contribution in [2.45, 2.75) is 32.1 Å². The van der Waals surface area contributed by atoms with Crippen molar-refractivity contribution in [3.8, 4) is 0 Å². The number of hydrogen-bond acceptors (Lipinski definition) is 3. The van der Waals surface area contributed by atoms with Gasteiger partial charge in [0.15, 0.2) is 0 Å². The van der Waals surface area contributed by atoms with E-state index in [0.29, 0.717) is 24.6 Å². The summed E-state index contributed by atoms with van der Waals surface area (Å²) in [6, 6.07) is 5.47. The van der Waals surface area contributed by atoms with E-state index in [2.05, 4.69) is 15.5 Å². The number of nitrogens with zero attached hydrogens (tertiary/aromatic N) is 1. The summed E-state index contributed by atoms with van der Waals surface area (Å²) in [7, 11) is 0. The molecule has 0 saturated carbocycles. The third-order valence-electron chi connectivity index (χ3n) is 4.35. The van der Waals surface area contributed by atoms with Gasteiger partial charge in [-0.05, 0) is 62.9 Å². The fourth-order valence-corrected chi connectivity index (χ4v) is 3.11. The Labute approximate surface area is 159 Å². The molecule has 1 fully saturated rings. The topological polar surface area (TPSA) is 81.7 Å². The lowest BCUT2D eigenvalue weighted by Crippen LogP contribution is -2.42. The Hall–Kier alpha value is -1.86. The smallest absolute Gasteiger partial charge is 0.319 e. The zero-order valence-corrected chi connectivity index (χ0v) is 15.6. The van der Waals surface area contributed by atoms with Gasteiger partial charge in [-0.2, -0.15) is 0 Å². The number of halogens is 2. The van der Waals surface area contributed by atoms with Crippen LogP contribution in [0, 0.1) is 11.7 Å². The molecule has 146 valence electrons. The molecule has 0 radical (unpaired) electrons. The molecule has 1 atom stereocenters. The molecule has 0 spiro atoms. The molecule has 1 aromatic carbocycles. The number of amides is 2. The molecule has 1 saturated heterocycles. The lowest BCUT2D eigenvalue weighted by Gasteiger charge is -2.32. The van der Waals surface area contributed by atoms with E-state index < -0.39 is 5.97 Å². The van der Waals surface area contributed by atoms with Gasteiger partial charge in [0.1, 0.15) is 5.82 Å². The molecular weight excluding hydrogens is 361 g/mol. The molecule has 1 heterocycles. The zero-order chi connectivity index (χ0) is 18.1. The average Bonchev–Trinajstić information content (AvgIpc) is 2.57. The van der Waals surface area contributed by atoms with Crippen LogP contribution in [-0.4, -0.2) is 48.2 Å². The normalized spacial score (nSPS) is 17.2. The highest BCUT2D eigenvalue weighted by atomic mass is 35.5. The number of piperidine rings is 1. The Bertz CT molecular complexity index is 589. The van der Waals surface area contributed by atoms with Gasteiger partial charge < -0.3 is 20.6 Å². The molecular formula is C18H27ClFN3O3. The largest absolute Gasteiger partial charge is 0.481 e. The fraction of sp³-hybridized carbons (Fsp3) is 0.556. The first kappa shape index (κ1) is 22.2. The summed E-state index contributed by atoms with van der Waals surface area (Å²) in [5.74, 6) is -0.750. The first-order chi connectivity index (χ1) is 12.0. The fourth-order valence-electron chi connectivity index (χ4n) is 3.11. The number of likely N-dealkylation sites (tertiary alicyclic amines) is 1. The molecule has 26 heavy (non-hydrogen) atoms. The Morgan fingerprint density at radius 2 is 2.12 bits per heavy atom. The summed E-state index contributed by atoms with van der Waals surface area (Å²) in [6.07, 6.45) is 3.94. The molecule has 6 nitrogen and oxygen atoms in total. The number of carboxylic acids is 1. The molecule has 1 aliphatic rings. The number of carbonyl (C=O) groups excluding carboxylic acids is 1. The number of urea groups is 1. The van der Waals surface area contributed by atoms with Crippen LogP contribution in [0.5, 0.6) is 0 Å². The number of benzene rings is 1. The van der Waals surface area contributed by atoms with Crippen LogP contribution in [0.1, 0.15) is 32.1 Å². The van der Waals surface area contributed by atoms with Gasteiger partial charge >= 0.3 is 12.0 Å². The molecule has 8 heteroatoms. The zero-order valence-electron chi connectivity index (χ0n) is 14.7. The van der Waals surface area contributed by atoms with Gasteiger partial charge in [-0.1, -0.05) is 6.07 Å². The quantitative estimate of drug-likeness (QED) is 0.597. The van der Waals surface area contributed by atoms with Gasteiger partial charge in [0, 0.05) is 25.2 Å². The second-order valence-corrected chi connectivity index (χ2v) is 6.51. The number of unbranched alkanes of at least 4 members (excludes halogenated alkanes) is 1. The molecule has 2 rings (SSSR count). The van der Waals surface area contributed by atoms with E-state index in [1.54, 1.807) is 12.1 Å². The summed E-state index contributed by atoms with van der Waals surface area (Å²) < 4.78 is 13.1. The SMILES string of the molecule is Cl.O=C(O)CCCCN1CCCC(CNC(=O)Nc2cccc(F)c2)C1. The molecule has 1 unspecified atom stereocenters. The van der Waals surface area contributed by atoms with Crippen molar-refractivity contribution < 1.29 is 19.1 Å². The Balaban J connectivity index is 0.00000338. The van der Waals surface area contributed by atoms with Gasteiger partial charge in [0.05, 0.1) is 0 Å². The molecule has 2 amide bonds. The predicted octanol–water partition coefficient (Wildman–Crippen LogP) is 3.34. The number of hydrogen-bond donors (Lipinski definition) is 3. The second-order valence-electron chi connectivity index (χ2n) is 6.51. The van der Waals surface area contributed by atoms with Crippen LogP contribution in [0.2, 0.25) is 0 Å². The van der Waals surface area contributed by atoms with Crippen molar-refractivity contribution in [1.29, 1.82) is 0 Å². The first-order valence-corrected chi connectivity index (χ1v) is 8.77. The van der Waals surface area contributed by atoms with Crippen molar-refractivity contribution in [2.75, 3.05) is 31.5 Å². The van der Waals surface area contributed by atoms with Crippen LogP contribution in [-0.2, 0) is 4.79 Å². The maximum absolute atomic E-state index is 13.1. The summed E-state index contributed by atoms with van der Waals surface area (Å²) >= 11 is 0. The number of carbonyl (C=O) groups is 2. The van der Waals surface area contributed by atoms with Crippen molar-refractivity contribution in [3.05, 3.63) is 30.1 Å². The minimum absolute atomic E-state index is 0. The average molecular weight is 388 g/mol. The van der Waals surface area contributed by atoms with Crippen LogP contribution in [0.3, 0.4) is 0 Å². The van der Waals surface area contributed by atoms with Crippen LogP contribution >= 0.6 is 12.4 Å². The van der Waals surface area contributed by atoms with Crippen molar-refractivity contribution in [3.63, 3.8) is 0 Å². The van der Waals surface area contributed by atoms with E-state index >= 15 is 0 Å². The predicted molar refractivity (Wildman–Crippen MR) is 101 cm³/mol. The minimum atomic E-state index is -0.745. The van der Waals surface area contributed by atoms with Gasteiger partial charge in [-0.25, -0.2) is 9.18 Å². The maximum atomic E-state index is 13.1. The van der Waals surface area contributed by atoms with Crippen molar-refractivity contribution in [2.24, 2.45) is 5.92 Å². The second kappa shape index (κ2) is 11.7. The molecule has 3 N–H and O–H groups in total. The lowest BCUT2D eigenvalue weighted by molar-refractivity contribution is -0.137. The maximum Gasteiger partial charge on any atom is 0.319 e. The summed E-state index contributed by atoms with van der Waals surface area (Å²) in [6.45, 7) is 3.42. The Morgan fingerprint density at radius 1 is 1.31 bits per heavy atom. The van der Waals surface area contributed by atoms with Gasteiger partial charge in [0.2, 0.25) is 0 Å². The standard InChI is InChI=1S/C18H26FN3O3.ClH/c19-15-6-3-7-16(11-15)21-18(25)20-12-14-5-4-10-22(13-14)9-2-1-8-17(23)24;/h3,6-7,11,14H,1-2,4-5,8-10,12-13H2,(H,23,24)(H2,20,21,25);1H. The van der Waals surface area contributed by atoms with E-state index in [0.717, 1.165) is 38.9 Å². The van der Waals surface area contributed by atoms with Gasteiger partial charge in [-0.15, -0.1) is 12.4 Å². The summed E-state index contributed by atoms with van der Waals surface area (Å²) in [5.41, 5.74) is 0.432.